The molecule has 0 bridgehead atoms. The van der Waals surface area contributed by atoms with Gasteiger partial charge in [0.2, 0.25) is 11.8 Å². The van der Waals surface area contributed by atoms with Crippen LogP contribution in [0.1, 0.15) is 54.4 Å². The first-order valence-corrected chi connectivity index (χ1v) is 18.5. The maximum Gasteiger partial charge on any atom is 0.264 e. The van der Waals surface area contributed by atoms with Crippen LogP contribution in [0.3, 0.4) is 0 Å². The van der Waals surface area contributed by atoms with Gasteiger partial charge in [-0.2, -0.15) is 0 Å². The Bertz CT molecular complexity index is 1840. The zero-order valence-electron chi connectivity index (χ0n) is 29.3. The number of hydrogen-bond acceptors (Lipinski definition) is 6. The van der Waals surface area contributed by atoms with E-state index in [4.69, 9.17) is 9.47 Å². The van der Waals surface area contributed by atoms with Crippen molar-refractivity contribution >= 4 is 27.5 Å². The average molecular weight is 698 g/mol. The molecule has 10 heteroatoms. The van der Waals surface area contributed by atoms with Crippen molar-refractivity contribution in [1.82, 2.24) is 10.2 Å². The number of carbonyl (C=O) groups is 2. The van der Waals surface area contributed by atoms with Gasteiger partial charge in [-0.1, -0.05) is 97.1 Å². The van der Waals surface area contributed by atoms with Gasteiger partial charge in [-0.15, -0.1) is 0 Å². The summed E-state index contributed by atoms with van der Waals surface area (Å²) in [6.07, 6.45) is 5.25. The predicted molar refractivity (Wildman–Crippen MR) is 196 cm³/mol. The van der Waals surface area contributed by atoms with Gasteiger partial charge in [-0.25, -0.2) is 8.42 Å². The van der Waals surface area contributed by atoms with Crippen LogP contribution in [0.5, 0.6) is 11.5 Å². The van der Waals surface area contributed by atoms with Gasteiger partial charge < -0.3 is 19.7 Å². The third kappa shape index (κ3) is 9.04. The number of anilines is 1. The SMILES string of the molecule is COc1ccc(N(CC(=O)N(Cc2ccc(C)cc2)[C@@H](Cc2ccccc2)C(=O)NC2CCCCC2)S(=O)(=O)c2ccc(C)cc2)cc1OC. The van der Waals surface area contributed by atoms with Crippen LogP contribution < -0.4 is 19.1 Å². The molecular formula is C40H47N3O6S. The molecule has 4 aromatic carbocycles. The van der Waals surface area contributed by atoms with Crippen LogP contribution in [0.15, 0.2) is 102 Å². The maximum absolute atomic E-state index is 14.8. The van der Waals surface area contributed by atoms with Crippen molar-refractivity contribution in [3.8, 4) is 11.5 Å². The Labute approximate surface area is 296 Å². The molecule has 0 unspecified atom stereocenters. The van der Waals surface area contributed by atoms with Crippen molar-refractivity contribution in [3.05, 3.63) is 119 Å². The summed E-state index contributed by atoms with van der Waals surface area (Å²) in [4.78, 5) is 30.7. The van der Waals surface area contributed by atoms with E-state index in [1.165, 1.54) is 31.3 Å². The van der Waals surface area contributed by atoms with Gasteiger partial charge >= 0.3 is 0 Å². The first kappa shape index (κ1) is 36.5. The quantitative estimate of drug-likeness (QED) is 0.159. The second-order valence-corrected chi connectivity index (χ2v) is 14.8. The highest BCUT2D eigenvalue weighted by Crippen LogP contribution is 2.34. The van der Waals surface area contributed by atoms with E-state index < -0.39 is 28.5 Å². The molecule has 1 aliphatic rings. The number of rotatable bonds is 14. The van der Waals surface area contributed by atoms with Gasteiger partial charge in [-0.05, 0) is 62.1 Å². The lowest BCUT2D eigenvalue weighted by Gasteiger charge is -2.35. The summed E-state index contributed by atoms with van der Waals surface area (Å²) < 4.78 is 40.8. The number of sulfonamides is 1. The van der Waals surface area contributed by atoms with E-state index in [0.717, 1.165) is 58.7 Å². The standard InChI is InChI=1S/C40H47N3O6S/c1-29-15-19-32(20-16-29)27-42(36(25-31-11-7-5-8-12-31)40(45)41-33-13-9-6-10-14-33)39(44)28-43(34-21-24-37(48-3)38(26-34)49-4)50(46,47)35-22-17-30(2)18-23-35/h5,7-8,11-12,15-24,26,33,36H,6,9-10,13-14,25,27-28H2,1-4H3,(H,41,45)/t36-/m0/s1. The molecular weight excluding hydrogens is 651 g/mol. The summed E-state index contributed by atoms with van der Waals surface area (Å²) in [6.45, 7) is 3.41. The molecule has 50 heavy (non-hydrogen) atoms. The largest absolute Gasteiger partial charge is 0.493 e. The number of benzene rings is 4. The molecule has 1 saturated carbocycles. The summed E-state index contributed by atoms with van der Waals surface area (Å²) in [7, 11) is -1.30. The third-order valence-electron chi connectivity index (χ3n) is 9.24. The van der Waals surface area contributed by atoms with Gasteiger partial charge in [0.25, 0.3) is 10.0 Å². The number of nitrogens with one attached hydrogen (secondary N) is 1. The molecule has 2 amide bonds. The molecule has 0 aliphatic heterocycles. The molecule has 5 rings (SSSR count). The minimum absolute atomic E-state index is 0.0241. The highest BCUT2D eigenvalue weighted by atomic mass is 32.2. The van der Waals surface area contributed by atoms with Crippen molar-refractivity contribution in [2.75, 3.05) is 25.1 Å². The summed E-state index contributed by atoms with van der Waals surface area (Å²) in [6, 6.07) is 27.7. The highest BCUT2D eigenvalue weighted by Gasteiger charge is 2.35. The van der Waals surface area contributed by atoms with E-state index in [1.807, 2.05) is 68.4 Å². The molecule has 0 saturated heterocycles. The van der Waals surface area contributed by atoms with Crippen molar-refractivity contribution in [3.63, 3.8) is 0 Å². The fourth-order valence-electron chi connectivity index (χ4n) is 6.33. The Morgan fingerprint density at radius 3 is 2.02 bits per heavy atom. The number of carbonyl (C=O) groups excluding carboxylic acids is 2. The Morgan fingerprint density at radius 2 is 1.40 bits per heavy atom. The molecule has 0 radical (unpaired) electrons. The van der Waals surface area contributed by atoms with Gasteiger partial charge in [0, 0.05) is 25.1 Å². The van der Waals surface area contributed by atoms with Crippen LogP contribution in [-0.4, -0.2) is 58.0 Å². The van der Waals surface area contributed by atoms with Crippen molar-refractivity contribution in [2.24, 2.45) is 0 Å². The highest BCUT2D eigenvalue weighted by molar-refractivity contribution is 7.92. The average Bonchev–Trinajstić information content (AvgIpc) is 3.13. The first-order chi connectivity index (χ1) is 24.1. The minimum atomic E-state index is -4.26. The minimum Gasteiger partial charge on any atom is -0.493 e. The molecule has 264 valence electrons. The number of methoxy groups -OCH3 is 2. The molecule has 9 nitrogen and oxygen atoms in total. The van der Waals surface area contributed by atoms with Crippen LogP contribution >= 0.6 is 0 Å². The Balaban J connectivity index is 1.59. The molecule has 4 aromatic rings. The summed E-state index contributed by atoms with van der Waals surface area (Å²) in [5.41, 5.74) is 3.90. The molecule has 0 spiro atoms. The first-order valence-electron chi connectivity index (χ1n) is 17.1. The number of ether oxygens (including phenoxy) is 2. The van der Waals surface area contributed by atoms with Gasteiger partial charge in [0.1, 0.15) is 12.6 Å². The molecule has 1 fully saturated rings. The molecule has 0 heterocycles. The second kappa shape index (κ2) is 16.7. The van der Waals surface area contributed by atoms with E-state index in [0.29, 0.717) is 11.5 Å². The van der Waals surface area contributed by atoms with Crippen LogP contribution in [0.25, 0.3) is 0 Å². The topological polar surface area (TPSA) is 105 Å². The van der Waals surface area contributed by atoms with Gasteiger partial charge in [0.15, 0.2) is 11.5 Å². The zero-order chi connectivity index (χ0) is 35.7. The molecule has 1 aliphatic carbocycles. The van der Waals surface area contributed by atoms with E-state index in [2.05, 4.69) is 5.32 Å². The maximum atomic E-state index is 14.8. The Morgan fingerprint density at radius 1 is 0.780 bits per heavy atom. The summed E-state index contributed by atoms with van der Waals surface area (Å²) in [5, 5.41) is 3.25. The Kier molecular flexibility index (Phi) is 12.2. The fraction of sp³-hybridized carbons (Fsp3) is 0.350. The van der Waals surface area contributed by atoms with Gasteiger partial charge in [0.05, 0.1) is 24.8 Å². The third-order valence-corrected chi connectivity index (χ3v) is 11.0. The number of hydrogen-bond donors (Lipinski definition) is 1. The lowest BCUT2D eigenvalue weighted by atomic mass is 9.94. The lowest BCUT2D eigenvalue weighted by molar-refractivity contribution is -0.140. The summed E-state index contributed by atoms with van der Waals surface area (Å²) in [5.74, 6) is -0.0403. The predicted octanol–water partition coefficient (Wildman–Crippen LogP) is 6.60. The van der Waals surface area contributed by atoms with Crippen LogP contribution in [0, 0.1) is 13.8 Å². The second-order valence-electron chi connectivity index (χ2n) is 12.9. The van der Waals surface area contributed by atoms with Crippen molar-refractivity contribution in [2.45, 2.75) is 75.9 Å². The number of amides is 2. The zero-order valence-corrected chi connectivity index (χ0v) is 30.1. The van der Waals surface area contributed by atoms with Gasteiger partial charge in [-0.3, -0.25) is 13.9 Å². The van der Waals surface area contributed by atoms with Crippen LogP contribution in [-0.2, 0) is 32.6 Å². The Hall–Kier alpha value is -4.83. The molecule has 1 atom stereocenters. The van der Waals surface area contributed by atoms with E-state index in [1.54, 1.807) is 30.3 Å². The molecule has 1 N–H and O–H groups in total. The van der Waals surface area contributed by atoms with Crippen LogP contribution in [0.2, 0.25) is 0 Å². The smallest absolute Gasteiger partial charge is 0.264 e. The fourth-order valence-corrected chi connectivity index (χ4v) is 7.74. The number of aryl methyl sites for hydroxylation is 2. The van der Waals surface area contributed by atoms with Crippen LogP contribution in [0.4, 0.5) is 5.69 Å². The van der Waals surface area contributed by atoms with E-state index in [-0.39, 0.29) is 35.5 Å². The molecule has 0 aromatic heterocycles. The normalized spacial score (nSPS) is 14.0. The lowest BCUT2D eigenvalue weighted by Crippen LogP contribution is -2.55. The van der Waals surface area contributed by atoms with Crippen molar-refractivity contribution < 1.29 is 27.5 Å². The monoisotopic (exact) mass is 697 g/mol. The number of nitrogens with zero attached hydrogens (tertiary/aromatic N) is 2. The van der Waals surface area contributed by atoms with Crippen molar-refractivity contribution in [1.29, 1.82) is 0 Å². The van der Waals surface area contributed by atoms with E-state index in [9.17, 15) is 18.0 Å². The van der Waals surface area contributed by atoms with E-state index >= 15 is 0 Å². The summed E-state index contributed by atoms with van der Waals surface area (Å²) >= 11 is 0.